The first-order valence-corrected chi connectivity index (χ1v) is 6.63. The van der Waals surface area contributed by atoms with Gasteiger partial charge in [-0.2, -0.15) is 0 Å². The van der Waals surface area contributed by atoms with Crippen LogP contribution in [0.2, 0.25) is 0 Å². The highest BCUT2D eigenvalue weighted by Crippen LogP contribution is 2.29. The zero-order chi connectivity index (χ0) is 12.5. The van der Waals surface area contributed by atoms with Gasteiger partial charge in [0.1, 0.15) is 0 Å². The molecule has 0 bridgehead atoms. The van der Waals surface area contributed by atoms with E-state index < -0.39 is 0 Å². The first kappa shape index (κ1) is 11.7. The van der Waals surface area contributed by atoms with Crippen molar-refractivity contribution in [2.45, 2.75) is 13.3 Å². The van der Waals surface area contributed by atoms with Crippen molar-refractivity contribution in [2.24, 2.45) is 11.8 Å². The number of likely N-dealkylation sites (tertiary alicyclic amines) is 1. The molecule has 1 amide bonds. The van der Waals surface area contributed by atoms with Crippen molar-refractivity contribution in [1.29, 1.82) is 0 Å². The van der Waals surface area contributed by atoms with E-state index in [4.69, 9.17) is 4.74 Å². The number of carbonyl (C=O) groups excluding carboxylic acids is 1. The first-order valence-electron chi connectivity index (χ1n) is 6.63. The fourth-order valence-corrected chi connectivity index (χ4v) is 2.88. The molecule has 18 heavy (non-hydrogen) atoms. The molecule has 2 fully saturated rings. The molecule has 3 nitrogen and oxygen atoms in total. The molecular formula is C15H19NO2. The average Bonchev–Trinajstić information content (AvgIpc) is 2.92. The summed E-state index contributed by atoms with van der Waals surface area (Å²) in [6.45, 7) is 5.50. The normalized spacial score (nSPS) is 26.4. The van der Waals surface area contributed by atoms with Gasteiger partial charge in [0.25, 0.3) is 0 Å². The van der Waals surface area contributed by atoms with Crippen LogP contribution in [0.5, 0.6) is 0 Å². The van der Waals surface area contributed by atoms with Gasteiger partial charge in [-0.15, -0.1) is 0 Å². The Balaban J connectivity index is 1.60. The Kier molecular flexibility index (Phi) is 3.08. The van der Waals surface area contributed by atoms with Crippen LogP contribution in [-0.4, -0.2) is 37.1 Å². The summed E-state index contributed by atoms with van der Waals surface area (Å²) in [5, 5.41) is 0. The summed E-state index contributed by atoms with van der Waals surface area (Å²) >= 11 is 0. The second-order valence-electron chi connectivity index (χ2n) is 5.52. The van der Waals surface area contributed by atoms with E-state index in [-0.39, 0.29) is 5.91 Å². The van der Waals surface area contributed by atoms with E-state index in [9.17, 15) is 4.79 Å². The number of amides is 1. The Hall–Kier alpha value is -1.35. The monoisotopic (exact) mass is 245 g/mol. The standard InChI is InChI=1S/C15H19NO2/c1-11-2-4-12(5-3-11)6-15(17)16-7-13-9-18-10-14(13)8-16/h2-5,13-14H,6-10H2,1H3/t13-,14-/m1/s1. The molecule has 0 aliphatic carbocycles. The maximum Gasteiger partial charge on any atom is 0.227 e. The second kappa shape index (κ2) is 4.73. The van der Waals surface area contributed by atoms with Crippen LogP contribution >= 0.6 is 0 Å². The number of ether oxygens (including phenoxy) is 1. The molecule has 0 unspecified atom stereocenters. The Bertz CT molecular complexity index is 428. The highest BCUT2D eigenvalue weighted by atomic mass is 16.5. The molecule has 96 valence electrons. The first-order chi connectivity index (χ1) is 8.72. The molecule has 0 radical (unpaired) electrons. The van der Waals surface area contributed by atoms with Crippen molar-refractivity contribution < 1.29 is 9.53 Å². The number of benzene rings is 1. The Morgan fingerprint density at radius 3 is 2.44 bits per heavy atom. The van der Waals surface area contributed by atoms with Gasteiger partial charge in [0, 0.05) is 24.9 Å². The maximum absolute atomic E-state index is 12.2. The van der Waals surface area contributed by atoms with Gasteiger partial charge in [0.2, 0.25) is 5.91 Å². The molecule has 0 aromatic heterocycles. The molecule has 1 aromatic carbocycles. The number of hydrogen-bond acceptors (Lipinski definition) is 2. The summed E-state index contributed by atoms with van der Waals surface area (Å²) in [5.41, 5.74) is 2.35. The predicted octanol–water partition coefficient (Wildman–Crippen LogP) is 1.64. The summed E-state index contributed by atoms with van der Waals surface area (Å²) in [6, 6.07) is 8.23. The second-order valence-corrected chi connectivity index (χ2v) is 5.52. The molecule has 2 heterocycles. The van der Waals surface area contributed by atoms with Crippen molar-refractivity contribution in [3.63, 3.8) is 0 Å². The van der Waals surface area contributed by atoms with Gasteiger partial charge in [-0.25, -0.2) is 0 Å². The quantitative estimate of drug-likeness (QED) is 0.793. The topological polar surface area (TPSA) is 29.5 Å². The van der Waals surface area contributed by atoms with Gasteiger partial charge in [0.05, 0.1) is 19.6 Å². The zero-order valence-electron chi connectivity index (χ0n) is 10.8. The molecule has 3 heteroatoms. The molecular weight excluding hydrogens is 226 g/mol. The largest absolute Gasteiger partial charge is 0.381 e. The van der Waals surface area contributed by atoms with Crippen LogP contribution in [0, 0.1) is 18.8 Å². The van der Waals surface area contributed by atoms with Crippen molar-refractivity contribution in [2.75, 3.05) is 26.3 Å². The van der Waals surface area contributed by atoms with Crippen LogP contribution < -0.4 is 0 Å². The smallest absolute Gasteiger partial charge is 0.227 e. The Labute approximate surface area is 108 Å². The minimum atomic E-state index is 0.258. The number of rotatable bonds is 2. The van der Waals surface area contributed by atoms with Gasteiger partial charge >= 0.3 is 0 Å². The minimum Gasteiger partial charge on any atom is -0.381 e. The molecule has 1 aromatic rings. The molecule has 2 atom stereocenters. The van der Waals surface area contributed by atoms with Crippen molar-refractivity contribution >= 4 is 5.91 Å². The van der Waals surface area contributed by atoms with Crippen LogP contribution in [0.15, 0.2) is 24.3 Å². The highest BCUT2D eigenvalue weighted by Gasteiger charge is 2.38. The van der Waals surface area contributed by atoms with Gasteiger partial charge < -0.3 is 9.64 Å². The number of fused-ring (bicyclic) bond motifs is 1. The third-order valence-electron chi connectivity index (χ3n) is 4.07. The van der Waals surface area contributed by atoms with Crippen LogP contribution in [0.3, 0.4) is 0 Å². The fraction of sp³-hybridized carbons (Fsp3) is 0.533. The van der Waals surface area contributed by atoms with E-state index in [1.54, 1.807) is 0 Å². The van der Waals surface area contributed by atoms with Crippen LogP contribution in [-0.2, 0) is 16.0 Å². The Morgan fingerprint density at radius 2 is 1.83 bits per heavy atom. The summed E-state index contributed by atoms with van der Waals surface area (Å²) in [6.07, 6.45) is 0.528. The molecule has 2 saturated heterocycles. The minimum absolute atomic E-state index is 0.258. The number of carbonyl (C=O) groups is 1. The summed E-state index contributed by atoms with van der Waals surface area (Å²) in [5.74, 6) is 1.41. The lowest BCUT2D eigenvalue weighted by Gasteiger charge is -2.17. The summed E-state index contributed by atoms with van der Waals surface area (Å²) in [7, 11) is 0. The fourth-order valence-electron chi connectivity index (χ4n) is 2.88. The average molecular weight is 245 g/mol. The lowest BCUT2D eigenvalue weighted by molar-refractivity contribution is -0.129. The molecule has 0 saturated carbocycles. The molecule has 3 rings (SSSR count). The maximum atomic E-state index is 12.2. The summed E-state index contributed by atoms with van der Waals surface area (Å²) < 4.78 is 5.43. The van der Waals surface area contributed by atoms with Gasteiger partial charge in [0.15, 0.2) is 0 Å². The third-order valence-corrected chi connectivity index (χ3v) is 4.07. The predicted molar refractivity (Wildman–Crippen MR) is 69.3 cm³/mol. The SMILES string of the molecule is Cc1ccc(CC(=O)N2C[C@@H]3COC[C@H]3C2)cc1. The highest BCUT2D eigenvalue weighted by molar-refractivity contribution is 5.79. The summed E-state index contributed by atoms with van der Waals surface area (Å²) in [4.78, 5) is 14.2. The van der Waals surface area contributed by atoms with E-state index in [0.717, 1.165) is 31.9 Å². The Morgan fingerprint density at radius 1 is 1.22 bits per heavy atom. The number of nitrogens with zero attached hydrogens (tertiary/aromatic N) is 1. The van der Waals surface area contributed by atoms with Crippen LogP contribution in [0.25, 0.3) is 0 Å². The van der Waals surface area contributed by atoms with Crippen LogP contribution in [0.1, 0.15) is 11.1 Å². The van der Waals surface area contributed by atoms with E-state index in [1.807, 2.05) is 17.0 Å². The van der Waals surface area contributed by atoms with Gasteiger partial charge in [-0.05, 0) is 12.5 Å². The van der Waals surface area contributed by atoms with Crippen molar-refractivity contribution in [3.05, 3.63) is 35.4 Å². The van der Waals surface area contributed by atoms with Gasteiger partial charge in [-0.1, -0.05) is 29.8 Å². The van der Waals surface area contributed by atoms with E-state index in [1.165, 1.54) is 5.56 Å². The van der Waals surface area contributed by atoms with E-state index in [2.05, 4.69) is 19.1 Å². The lowest BCUT2D eigenvalue weighted by atomic mass is 10.0. The van der Waals surface area contributed by atoms with E-state index >= 15 is 0 Å². The molecule has 2 aliphatic rings. The van der Waals surface area contributed by atoms with Crippen molar-refractivity contribution in [1.82, 2.24) is 4.90 Å². The van der Waals surface area contributed by atoms with Crippen molar-refractivity contribution in [3.8, 4) is 0 Å². The number of aryl methyl sites for hydroxylation is 1. The van der Waals surface area contributed by atoms with Gasteiger partial charge in [-0.3, -0.25) is 4.79 Å². The van der Waals surface area contributed by atoms with E-state index in [0.29, 0.717) is 18.3 Å². The number of hydrogen-bond donors (Lipinski definition) is 0. The molecule has 0 N–H and O–H groups in total. The van der Waals surface area contributed by atoms with Crippen LogP contribution in [0.4, 0.5) is 0 Å². The third kappa shape index (κ3) is 2.27. The molecule has 0 spiro atoms. The zero-order valence-corrected chi connectivity index (χ0v) is 10.8. The lowest BCUT2D eigenvalue weighted by Crippen LogP contribution is -2.31. The molecule has 2 aliphatic heterocycles.